The van der Waals surface area contributed by atoms with Crippen molar-refractivity contribution in [3.63, 3.8) is 0 Å². The number of rotatable bonds is 5. The first-order chi connectivity index (χ1) is 11.9. The molecule has 0 unspecified atom stereocenters. The van der Waals surface area contributed by atoms with E-state index >= 15 is 0 Å². The lowest BCUT2D eigenvalue weighted by atomic mass is 9.89. The fourth-order valence-corrected chi connectivity index (χ4v) is 4.01. The van der Waals surface area contributed by atoms with Gasteiger partial charge in [0, 0.05) is 29.1 Å². The van der Waals surface area contributed by atoms with E-state index in [2.05, 4.69) is 56.4 Å². The van der Waals surface area contributed by atoms with Crippen molar-refractivity contribution in [1.29, 1.82) is 0 Å². The van der Waals surface area contributed by atoms with E-state index in [1.165, 1.54) is 10.5 Å². The number of ether oxygens (including phenoxy) is 1. The highest BCUT2D eigenvalue weighted by Crippen LogP contribution is 2.39. The van der Waals surface area contributed by atoms with Crippen LogP contribution in [0.5, 0.6) is 5.75 Å². The molecule has 3 nitrogen and oxygen atoms in total. The van der Waals surface area contributed by atoms with Crippen LogP contribution in [0.3, 0.4) is 0 Å². The number of hydrogen-bond donors (Lipinski definition) is 1. The van der Waals surface area contributed by atoms with Crippen molar-refractivity contribution in [2.24, 2.45) is 0 Å². The van der Waals surface area contributed by atoms with Crippen LogP contribution in [0.1, 0.15) is 43.9 Å². The van der Waals surface area contributed by atoms with Crippen molar-refractivity contribution in [1.82, 2.24) is 5.32 Å². The third-order valence-corrected chi connectivity index (χ3v) is 5.32. The molecule has 0 aliphatic carbocycles. The van der Waals surface area contributed by atoms with Crippen LogP contribution >= 0.6 is 11.8 Å². The summed E-state index contributed by atoms with van der Waals surface area (Å²) in [5.41, 5.74) is 1.96. The van der Waals surface area contributed by atoms with Crippen LogP contribution < -0.4 is 10.1 Å². The van der Waals surface area contributed by atoms with Gasteiger partial charge in [-0.1, -0.05) is 30.3 Å². The fourth-order valence-electron chi connectivity index (χ4n) is 3.13. The second-order valence-electron chi connectivity index (χ2n) is 7.14. The largest absolute Gasteiger partial charge is 0.487 e. The fraction of sp³-hybridized carbons (Fsp3) is 0.381. The van der Waals surface area contributed by atoms with Crippen molar-refractivity contribution in [2.45, 2.75) is 50.2 Å². The van der Waals surface area contributed by atoms with Gasteiger partial charge < -0.3 is 10.1 Å². The van der Waals surface area contributed by atoms with Crippen LogP contribution in [0.2, 0.25) is 0 Å². The van der Waals surface area contributed by atoms with Gasteiger partial charge in [-0.2, -0.15) is 0 Å². The van der Waals surface area contributed by atoms with Crippen molar-refractivity contribution in [3.05, 3.63) is 59.7 Å². The Bertz CT molecular complexity index is 743. The van der Waals surface area contributed by atoms with E-state index in [0.29, 0.717) is 6.42 Å². The van der Waals surface area contributed by atoms with Gasteiger partial charge in [0.05, 0.1) is 6.04 Å². The predicted molar refractivity (Wildman–Crippen MR) is 103 cm³/mol. The van der Waals surface area contributed by atoms with Crippen LogP contribution in [-0.2, 0) is 4.79 Å². The molecule has 1 heterocycles. The Hall–Kier alpha value is -1.94. The zero-order valence-electron chi connectivity index (χ0n) is 15.0. The standard InChI is InChI=1S/C21H25NO2S/c1-15-9-10-17-18(14-21(2,3)24-19(17)13-15)22-20(23)11-12-25-16-7-5-4-6-8-16/h4-10,13,18H,11-12,14H2,1-3H3,(H,22,23)/t18-/m1/s1. The Labute approximate surface area is 154 Å². The molecule has 0 aromatic heterocycles. The van der Waals surface area contributed by atoms with Crippen molar-refractivity contribution in [3.8, 4) is 5.75 Å². The van der Waals surface area contributed by atoms with E-state index in [-0.39, 0.29) is 17.6 Å². The van der Waals surface area contributed by atoms with Crippen LogP contribution in [-0.4, -0.2) is 17.3 Å². The van der Waals surface area contributed by atoms with Gasteiger partial charge in [0.25, 0.3) is 0 Å². The Balaban J connectivity index is 1.61. The first-order valence-electron chi connectivity index (χ1n) is 8.70. The lowest BCUT2D eigenvalue weighted by molar-refractivity contribution is -0.121. The molecule has 0 fully saturated rings. The highest BCUT2D eigenvalue weighted by Gasteiger charge is 2.34. The van der Waals surface area contributed by atoms with Gasteiger partial charge in [-0.3, -0.25) is 4.79 Å². The number of fused-ring (bicyclic) bond motifs is 1. The number of hydrogen-bond acceptors (Lipinski definition) is 3. The minimum Gasteiger partial charge on any atom is -0.487 e. The summed E-state index contributed by atoms with van der Waals surface area (Å²) in [5.74, 6) is 1.77. The minimum absolute atomic E-state index is 0.00794. The SMILES string of the molecule is Cc1ccc2c(c1)OC(C)(C)C[C@H]2NC(=O)CCSc1ccccc1. The molecule has 2 aromatic rings. The van der Waals surface area contributed by atoms with E-state index in [1.54, 1.807) is 11.8 Å². The number of carbonyl (C=O) groups is 1. The molecule has 3 rings (SSSR count). The van der Waals surface area contributed by atoms with E-state index in [0.717, 1.165) is 23.5 Å². The smallest absolute Gasteiger partial charge is 0.221 e. The predicted octanol–water partition coefficient (Wildman–Crippen LogP) is 4.90. The minimum atomic E-state index is -0.280. The summed E-state index contributed by atoms with van der Waals surface area (Å²) in [7, 11) is 0. The molecule has 132 valence electrons. The zero-order valence-corrected chi connectivity index (χ0v) is 15.9. The highest BCUT2D eigenvalue weighted by molar-refractivity contribution is 7.99. The molecule has 1 N–H and O–H groups in total. The molecule has 4 heteroatoms. The maximum atomic E-state index is 12.4. The number of carbonyl (C=O) groups excluding carboxylic acids is 1. The summed E-state index contributed by atoms with van der Waals surface area (Å²) in [6.45, 7) is 6.20. The topological polar surface area (TPSA) is 38.3 Å². The molecular weight excluding hydrogens is 330 g/mol. The van der Waals surface area contributed by atoms with Crippen molar-refractivity contribution in [2.75, 3.05) is 5.75 Å². The molecule has 1 atom stereocenters. The second-order valence-corrected chi connectivity index (χ2v) is 8.31. The molecule has 0 bridgehead atoms. The molecular formula is C21H25NO2S. The van der Waals surface area contributed by atoms with Gasteiger partial charge in [-0.15, -0.1) is 11.8 Å². The second kappa shape index (κ2) is 7.52. The Morgan fingerprint density at radius 1 is 1.24 bits per heavy atom. The third-order valence-electron chi connectivity index (χ3n) is 4.30. The van der Waals surface area contributed by atoms with Gasteiger partial charge >= 0.3 is 0 Å². The first kappa shape index (κ1) is 17.9. The van der Waals surface area contributed by atoms with Gasteiger partial charge in [0.1, 0.15) is 11.4 Å². The number of amides is 1. The van der Waals surface area contributed by atoms with Crippen LogP contribution in [0.25, 0.3) is 0 Å². The normalized spacial score (nSPS) is 18.1. The molecule has 1 amide bonds. The summed E-state index contributed by atoms with van der Waals surface area (Å²) in [6, 6.07) is 16.4. The summed E-state index contributed by atoms with van der Waals surface area (Å²) >= 11 is 1.71. The maximum Gasteiger partial charge on any atom is 0.221 e. The zero-order chi connectivity index (χ0) is 17.9. The Kier molecular flexibility index (Phi) is 5.38. The number of aryl methyl sites for hydroxylation is 1. The van der Waals surface area contributed by atoms with Crippen LogP contribution in [0.4, 0.5) is 0 Å². The maximum absolute atomic E-state index is 12.4. The molecule has 0 radical (unpaired) electrons. The van der Waals surface area contributed by atoms with Crippen LogP contribution in [0.15, 0.2) is 53.4 Å². The van der Waals surface area contributed by atoms with E-state index in [9.17, 15) is 4.79 Å². The number of nitrogens with one attached hydrogen (secondary N) is 1. The average Bonchev–Trinajstić information content (AvgIpc) is 2.54. The molecule has 1 aliphatic heterocycles. The molecule has 0 saturated heterocycles. The van der Waals surface area contributed by atoms with E-state index < -0.39 is 0 Å². The monoisotopic (exact) mass is 355 g/mol. The van der Waals surface area contributed by atoms with Crippen molar-refractivity contribution < 1.29 is 9.53 Å². The van der Waals surface area contributed by atoms with Gasteiger partial charge in [0.15, 0.2) is 0 Å². The van der Waals surface area contributed by atoms with Crippen molar-refractivity contribution >= 4 is 17.7 Å². The summed E-state index contributed by atoms with van der Waals surface area (Å²) < 4.78 is 6.10. The molecule has 0 spiro atoms. The molecule has 0 saturated carbocycles. The lowest BCUT2D eigenvalue weighted by Gasteiger charge is -2.38. The van der Waals surface area contributed by atoms with Gasteiger partial charge in [0.2, 0.25) is 5.91 Å². The lowest BCUT2D eigenvalue weighted by Crippen LogP contribution is -2.41. The van der Waals surface area contributed by atoms with E-state index in [4.69, 9.17) is 4.74 Å². The molecule has 1 aliphatic rings. The molecule has 2 aromatic carbocycles. The first-order valence-corrected chi connectivity index (χ1v) is 9.68. The average molecular weight is 356 g/mol. The number of thioether (sulfide) groups is 1. The summed E-state index contributed by atoms with van der Waals surface area (Å²) in [6.07, 6.45) is 1.29. The van der Waals surface area contributed by atoms with Gasteiger partial charge in [-0.05, 0) is 44.5 Å². The van der Waals surface area contributed by atoms with E-state index in [1.807, 2.05) is 18.2 Å². The van der Waals surface area contributed by atoms with Crippen LogP contribution in [0, 0.1) is 6.92 Å². The molecule has 25 heavy (non-hydrogen) atoms. The quantitative estimate of drug-likeness (QED) is 0.776. The summed E-state index contributed by atoms with van der Waals surface area (Å²) in [4.78, 5) is 13.6. The third kappa shape index (κ3) is 4.79. The van der Waals surface area contributed by atoms with Gasteiger partial charge in [-0.25, -0.2) is 0 Å². The Morgan fingerprint density at radius 3 is 2.76 bits per heavy atom. The highest BCUT2D eigenvalue weighted by atomic mass is 32.2. The number of benzene rings is 2. The Morgan fingerprint density at radius 2 is 2.00 bits per heavy atom. The summed E-state index contributed by atoms with van der Waals surface area (Å²) in [5, 5.41) is 3.20.